The van der Waals surface area contributed by atoms with Gasteiger partial charge in [0.1, 0.15) is 12.2 Å². The highest BCUT2D eigenvalue weighted by atomic mass is 127. The van der Waals surface area contributed by atoms with Gasteiger partial charge in [0.15, 0.2) is 5.96 Å². The molecule has 0 aliphatic heterocycles. The normalized spacial score (nSPS) is 11.2. The number of pyridine rings is 1. The van der Waals surface area contributed by atoms with E-state index in [0.717, 1.165) is 17.7 Å². The fraction of sp³-hybridized carbons (Fsp3) is 0.435. The van der Waals surface area contributed by atoms with E-state index in [1.165, 1.54) is 0 Å². The molecule has 32 heavy (non-hydrogen) atoms. The number of nitrogens with one attached hydrogen (secondary N) is 3. The van der Waals surface area contributed by atoms with E-state index in [4.69, 9.17) is 9.47 Å². The molecule has 3 N–H and O–H groups in total. The maximum Gasteiger partial charge on any atom is 0.407 e. The molecule has 0 radical (unpaired) electrons. The molecule has 8 nitrogen and oxygen atoms in total. The molecule has 1 aromatic heterocycles. The zero-order valence-electron chi connectivity index (χ0n) is 19.2. The fourth-order valence-electron chi connectivity index (χ4n) is 2.53. The number of aliphatic imine (C=N–C) groups is 1. The van der Waals surface area contributed by atoms with Crippen molar-refractivity contribution < 1.29 is 14.3 Å². The number of carbonyl (C=O) groups is 1. The molecule has 2 aromatic rings. The lowest BCUT2D eigenvalue weighted by Crippen LogP contribution is -2.42. The molecule has 0 atom stereocenters. The molecule has 0 bridgehead atoms. The van der Waals surface area contributed by atoms with Crippen molar-refractivity contribution in [1.82, 2.24) is 20.9 Å². The molecule has 2 rings (SSSR count). The number of hydrogen-bond acceptors (Lipinski definition) is 5. The Morgan fingerprint density at radius 1 is 1.03 bits per heavy atom. The van der Waals surface area contributed by atoms with E-state index >= 15 is 0 Å². The zero-order valence-corrected chi connectivity index (χ0v) is 21.5. The largest absolute Gasteiger partial charge is 0.473 e. The Kier molecular flexibility index (Phi) is 12.4. The first-order valence-electron chi connectivity index (χ1n) is 10.5. The number of rotatable bonds is 9. The van der Waals surface area contributed by atoms with Gasteiger partial charge in [-0.3, -0.25) is 0 Å². The van der Waals surface area contributed by atoms with Crippen LogP contribution in [0.1, 0.15) is 38.8 Å². The van der Waals surface area contributed by atoms with Gasteiger partial charge in [-0.25, -0.2) is 14.8 Å². The van der Waals surface area contributed by atoms with E-state index in [1.807, 2.05) is 70.2 Å². The molecule has 0 aliphatic rings. The lowest BCUT2D eigenvalue weighted by molar-refractivity contribution is 0.0529. The van der Waals surface area contributed by atoms with Gasteiger partial charge in [-0.05, 0) is 44.9 Å². The predicted molar refractivity (Wildman–Crippen MR) is 137 cm³/mol. The number of nitrogens with zero attached hydrogens (tertiary/aromatic N) is 2. The first-order valence-corrected chi connectivity index (χ1v) is 10.5. The molecule has 0 saturated carbocycles. The van der Waals surface area contributed by atoms with Crippen LogP contribution in [0.15, 0.2) is 53.7 Å². The minimum absolute atomic E-state index is 0. The summed E-state index contributed by atoms with van der Waals surface area (Å²) in [4.78, 5) is 20.5. The molecular formula is C23H34IN5O3. The van der Waals surface area contributed by atoms with Gasteiger partial charge >= 0.3 is 6.09 Å². The van der Waals surface area contributed by atoms with Gasteiger partial charge < -0.3 is 25.4 Å². The van der Waals surface area contributed by atoms with Gasteiger partial charge in [-0.15, -0.1) is 24.0 Å². The van der Waals surface area contributed by atoms with Crippen LogP contribution in [0.2, 0.25) is 0 Å². The smallest absolute Gasteiger partial charge is 0.407 e. The second-order valence-electron chi connectivity index (χ2n) is 7.83. The average Bonchev–Trinajstić information content (AvgIpc) is 2.73. The Hall–Kier alpha value is -2.56. The Balaban J connectivity index is 0.00000512. The number of hydrogen-bond donors (Lipinski definition) is 3. The van der Waals surface area contributed by atoms with Crippen LogP contribution in [-0.2, 0) is 17.9 Å². The van der Waals surface area contributed by atoms with Crippen LogP contribution in [0, 0.1) is 0 Å². The minimum Gasteiger partial charge on any atom is -0.473 e. The summed E-state index contributed by atoms with van der Waals surface area (Å²) in [6.07, 6.45) is 1.28. The van der Waals surface area contributed by atoms with Crippen molar-refractivity contribution >= 4 is 36.0 Å². The summed E-state index contributed by atoms with van der Waals surface area (Å²) in [7, 11) is 0. The molecule has 1 heterocycles. The molecule has 1 aromatic carbocycles. The SMILES string of the molecule is CCNC(=NCc1ccnc(OCc2ccccc2)c1)NCCNC(=O)OC(C)(C)C.I. The van der Waals surface area contributed by atoms with Crippen LogP contribution in [0.3, 0.4) is 0 Å². The predicted octanol–water partition coefficient (Wildman–Crippen LogP) is 3.86. The molecular weight excluding hydrogens is 521 g/mol. The summed E-state index contributed by atoms with van der Waals surface area (Å²) in [5, 5.41) is 9.09. The summed E-state index contributed by atoms with van der Waals surface area (Å²) in [6.45, 7) is 10.1. The zero-order chi connectivity index (χ0) is 22.5. The number of carbonyl (C=O) groups excluding carboxylic acids is 1. The van der Waals surface area contributed by atoms with E-state index < -0.39 is 11.7 Å². The Morgan fingerprint density at radius 2 is 1.75 bits per heavy atom. The highest BCUT2D eigenvalue weighted by Gasteiger charge is 2.15. The van der Waals surface area contributed by atoms with Crippen LogP contribution in [-0.4, -0.2) is 42.3 Å². The second-order valence-corrected chi connectivity index (χ2v) is 7.83. The Morgan fingerprint density at radius 3 is 2.44 bits per heavy atom. The highest BCUT2D eigenvalue weighted by molar-refractivity contribution is 14.0. The van der Waals surface area contributed by atoms with Gasteiger partial charge in [-0.2, -0.15) is 0 Å². The third-order valence-corrected chi connectivity index (χ3v) is 3.88. The molecule has 1 amide bonds. The molecule has 0 unspecified atom stereocenters. The number of alkyl carbamates (subject to hydrolysis) is 1. The summed E-state index contributed by atoms with van der Waals surface area (Å²) >= 11 is 0. The first-order chi connectivity index (χ1) is 14.9. The third kappa shape index (κ3) is 11.7. The van der Waals surface area contributed by atoms with Crippen molar-refractivity contribution in [3.05, 3.63) is 59.8 Å². The van der Waals surface area contributed by atoms with Crippen LogP contribution >= 0.6 is 24.0 Å². The number of ether oxygens (including phenoxy) is 2. The van der Waals surface area contributed by atoms with Crippen molar-refractivity contribution in [2.45, 2.75) is 46.4 Å². The van der Waals surface area contributed by atoms with E-state index in [9.17, 15) is 4.79 Å². The maximum absolute atomic E-state index is 11.7. The topological polar surface area (TPSA) is 96.9 Å². The Labute approximate surface area is 207 Å². The monoisotopic (exact) mass is 555 g/mol. The lowest BCUT2D eigenvalue weighted by atomic mass is 10.2. The molecule has 0 saturated heterocycles. The van der Waals surface area contributed by atoms with Gasteiger partial charge in [-0.1, -0.05) is 30.3 Å². The number of guanidine groups is 1. The summed E-state index contributed by atoms with van der Waals surface area (Å²) in [5.74, 6) is 1.23. The summed E-state index contributed by atoms with van der Waals surface area (Å²) < 4.78 is 11.0. The summed E-state index contributed by atoms with van der Waals surface area (Å²) in [6, 6.07) is 13.8. The molecule has 0 spiro atoms. The van der Waals surface area contributed by atoms with Gasteiger partial charge in [0.25, 0.3) is 0 Å². The average molecular weight is 555 g/mol. The summed E-state index contributed by atoms with van der Waals surface area (Å²) in [5.41, 5.74) is 1.57. The quantitative estimate of drug-likeness (QED) is 0.188. The number of amides is 1. The van der Waals surface area contributed by atoms with Crippen molar-refractivity contribution in [1.29, 1.82) is 0 Å². The van der Waals surface area contributed by atoms with E-state index in [2.05, 4.69) is 25.9 Å². The van der Waals surface area contributed by atoms with Crippen molar-refractivity contribution in [3.63, 3.8) is 0 Å². The number of aromatic nitrogens is 1. The maximum atomic E-state index is 11.7. The highest BCUT2D eigenvalue weighted by Crippen LogP contribution is 2.12. The van der Waals surface area contributed by atoms with Crippen LogP contribution in [0.4, 0.5) is 4.79 Å². The van der Waals surface area contributed by atoms with Crippen molar-refractivity contribution in [2.75, 3.05) is 19.6 Å². The fourth-order valence-corrected chi connectivity index (χ4v) is 2.53. The minimum atomic E-state index is -0.512. The standard InChI is InChI=1S/C23H33N5O3.HI/c1-5-24-21(26-13-14-27-22(29)31-23(2,3)4)28-16-19-11-12-25-20(15-19)30-17-18-9-7-6-8-10-18;/h6-12,15H,5,13-14,16-17H2,1-4H3,(H,27,29)(H2,24,26,28);1H. The van der Waals surface area contributed by atoms with Gasteiger partial charge in [0, 0.05) is 31.9 Å². The molecule has 9 heteroatoms. The molecule has 0 fully saturated rings. The first kappa shape index (κ1) is 27.5. The van der Waals surface area contributed by atoms with Gasteiger partial charge in [0.2, 0.25) is 5.88 Å². The Bertz CT molecular complexity index is 841. The van der Waals surface area contributed by atoms with E-state index in [-0.39, 0.29) is 24.0 Å². The molecule has 0 aliphatic carbocycles. The van der Waals surface area contributed by atoms with E-state index in [1.54, 1.807) is 6.20 Å². The van der Waals surface area contributed by atoms with Gasteiger partial charge in [0.05, 0.1) is 6.54 Å². The van der Waals surface area contributed by atoms with Crippen LogP contribution < -0.4 is 20.7 Å². The molecule has 176 valence electrons. The van der Waals surface area contributed by atoms with Crippen LogP contribution in [0.25, 0.3) is 0 Å². The van der Waals surface area contributed by atoms with Crippen molar-refractivity contribution in [3.8, 4) is 5.88 Å². The van der Waals surface area contributed by atoms with Crippen LogP contribution in [0.5, 0.6) is 5.88 Å². The van der Waals surface area contributed by atoms with E-state index in [0.29, 0.717) is 38.1 Å². The second kappa shape index (κ2) is 14.5. The number of halogens is 1. The third-order valence-electron chi connectivity index (χ3n) is 3.88. The lowest BCUT2D eigenvalue weighted by Gasteiger charge is -2.19. The van der Waals surface area contributed by atoms with Crippen molar-refractivity contribution in [2.24, 2.45) is 4.99 Å². The number of benzene rings is 1.